The normalized spacial score (nSPS) is 23.1. The van der Waals surface area contributed by atoms with Crippen molar-refractivity contribution in [2.75, 3.05) is 6.54 Å². The van der Waals surface area contributed by atoms with Crippen LogP contribution in [0.25, 0.3) is 0 Å². The third-order valence-electron chi connectivity index (χ3n) is 0.582. The van der Waals surface area contributed by atoms with Gasteiger partial charge in [0.05, 0.1) is 6.54 Å². The lowest BCUT2D eigenvalue weighted by Crippen LogP contribution is -2.32. The number of halogens is 1. The Labute approximate surface area is 47.1 Å². The number of hydrogen-bond acceptors (Lipinski definition) is 4. The first-order valence-corrected chi connectivity index (χ1v) is 1.63. The Balaban J connectivity index is 0.000000360. The second-order valence-corrected chi connectivity index (χ2v) is 1.18. The quantitative estimate of drug-likeness (QED) is 0.347. The molecule has 0 spiro atoms. The molecule has 0 aromatic rings. The summed E-state index contributed by atoms with van der Waals surface area (Å²) < 4.78 is 0. The molecular weight excluding hydrogens is 119 g/mol. The third-order valence-corrected chi connectivity index (χ3v) is 0.582. The Morgan fingerprint density at radius 2 is 1.86 bits per heavy atom. The maximum atomic E-state index is 5.08. The minimum atomic E-state index is -0.931. The van der Waals surface area contributed by atoms with E-state index in [4.69, 9.17) is 11.5 Å². The Kier molecular flexibility index (Phi) is 1.97. The highest BCUT2D eigenvalue weighted by Crippen LogP contribution is 2.19. The highest BCUT2D eigenvalue weighted by atomic mass is 35.5. The van der Waals surface area contributed by atoms with E-state index >= 15 is 0 Å². The van der Waals surface area contributed by atoms with E-state index in [1.165, 1.54) is 0 Å². The van der Waals surface area contributed by atoms with Crippen molar-refractivity contribution in [2.24, 2.45) is 11.5 Å². The molecule has 0 atom stereocenters. The van der Waals surface area contributed by atoms with Crippen LogP contribution < -0.4 is 11.5 Å². The first-order chi connectivity index (χ1) is 2.77. The summed E-state index contributed by atoms with van der Waals surface area (Å²) in [6.07, 6.45) is 0. The first-order valence-electron chi connectivity index (χ1n) is 1.63. The smallest absolute Gasteiger partial charge is 0.297 e. The highest BCUT2D eigenvalue weighted by molar-refractivity contribution is 5.85. The Morgan fingerprint density at radius 1 is 1.43 bits per heavy atom. The van der Waals surface area contributed by atoms with Gasteiger partial charge >= 0.3 is 0 Å². The van der Waals surface area contributed by atoms with E-state index in [9.17, 15) is 0 Å². The summed E-state index contributed by atoms with van der Waals surface area (Å²) in [7, 11) is 0. The van der Waals surface area contributed by atoms with E-state index in [1.54, 1.807) is 0 Å². The first kappa shape index (κ1) is 7.13. The molecular formula is C2H7ClN2O2. The minimum Gasteiger partial charge on any atom is -0.324 e. The molecule has 1 aliphatic heterocycles. The lowest BCUT2D eigenvalue weighted by molar-refractivity contribution is 0.0850. The van der Waals surface area contributed by atoms with E-state index in [0.29, 0.717) is 0 Å². The van der Waals surface area contributed by atoms with Crippen LogP contribution in [0.2, 0.25) is 0 Å². The van der Waals surface area contributed by atoms with Gasteiger partial charge in [-0.3, -0.25) is 5.73 Å². The van der Waals surface area contributed by atoms with Gasteiger partial charge in [0, 0.05) is 0 Å². The summed E-state index contributed by atoms with van der Waals surface area (Å²) in [6, 6.07) is 0. The van der Waals surface area contributed by atoms with Gasteiger partial charge in [0.2, 0.25) is 0 Å². The van der Waals surface area contributed by atoms with E-state index < -0.39 is 5.91 Å². The van der Waals surface area contributed by atoms with Crippen LogP contribution in [0.3, 0.4) is 0 Å². The van der Waals surface area contributed by atoms with Crippen LogP contribution in [0.1, 0.15) is 0 Å². The van der Waals surface area contributed by atoms with Gasteiger partial charge in [0.25, 0.3) is 5.91 Å². The molecule has 0 aromatic carbocycles. The predicted molar refractivity (Wildman–Crippen MR) is 25.4 cm³/mol. The molecule has 1 fully saturated rings. The van der Waals surface area contributed by atoms with Crippen molar-refractivity contribution in [3.63, 3.8) is 0 Å². The largest absolute Gasteiger partial charge is 0.324 e. The second-order valence-electron chi connectivity index (χ2n) is 1.18. The summed E-state index contributed by atoms with van der Waals surface area (Å²) >= 11 is 0. The van der Waals surface area contributed by atoms with Crippen molar-refractivity contribution in [1.29, 1.82) is 0 Å². The third kappa shape index (κ3) is 1.58. The van der Waals surface area contributed by atoms with Crippen LogP contribution in [-0.4, -0.2) is 12.5 Å². The van der Waals surface area contributed by atoms with Crippen LogP contribution in [0.15, 0.2) is 0 Å². The van der Waals surface area contributed by atoms with Gasteiger partial charge in [-0.05, 0) is 0 Å². The van der Waals surface area contributed by atoms with E-state index in [2.05, 4.69) is 9.78 Å². The molecule has 1 heterocycles. The van der Waals surface area contributed by atoms with Crippen LogP contribution in [0, 0.1) is 0 Å². The molecule has 0 bridgehead atoms. The minimum absolute atomic E-state index is 0. The molecule has 7 heavy (non-hydrogen) atoms. The molecule has 44 valence electrons. The summed E-state index contributed by atoms with van der Waals surface area (Å²) in [5.41, 5.74) is 10.1. The molecule has 0 amide bonds. The Hall–Kier alpha value is 0.130. The summed E-state index contributed by atoms with van der Waals surface area (Å²) in [5, 5.41) is 0. The fraction of sp³-hybridized carbons (Fsp3) is 1.00. The summed E-state index contributed by atoms with van der Waals surface area (Å²) in [6.45, 7) is 0.215. The lowest BCUT2D eigenvalue weighted by atomic mass is 10.6. The monoisotopic (exact) mass is 126 g/mol. The van der Waals surface area contributed by atoms with Gasteiger partial charge in [0.1, 0.15) is 0 Å². The average molecular weight is 127 g/mol. The van der Waals surface area contributed by atoms with Crippen molar-refractivity contribution in [3.05, 3.63) is 0 Å². The van der Waals surface area contributed by atoms with Crippen molar-refractivity contribution >= 4 is 12.4 Å². The summed E-state index contributed by atoms with van der Waals surface area (Å²) in [4.78, 5) is 8.40. The zero-order chi connectivity index (χ0) is 4.62. The predicted octanol–water partition coefficient (Wildman–Crippen LogP) is -1.06. The molecule has 1 rings (SSSR count). The number of nitrogens with two attached hydrogens (primary N) is 2. The topological polar surface area (TPSA) is 77.1 Å². The van der Waals surface area contributed by atoms with Crippen molar-refractivity contribution in [2.45, 2.75) is 5.91 Å². The maximum absolute atomic E-state index is 5.08. The summed E-state index contributed by atoms with van der Waals surface area (Å²) in [5.74, 6) is -0.931. The molecule has 5 heteroatoms. The molecule has 1 saturated heterocycles. The standard InChI is InChI=1S/C2H6N2O2.ClH/c3-1-2(4)5-6-2;/h1,3-4H2;1H. The molecule has 0 saturated carbocycles. The molecule has 0 radical (unpaired) electrons. The Bertz CT molecular complexity index is 64.7. The van der Waals surface area contributed by atoms with Gasteiger partial charge < -0.3 is 5.73 Å². The fourth-order valence-corrected chi connectivity index (χ4v) is 0.122. The molecule has 4 N–H and O–H groups in total. The lowest BCUT2D eigenvalue weighted by Gasteiger charge is -1.86. The van der Waals surface area contributed by atoms with Crippen LogP contribution >= 0.6 is 12.4 Å². The van der Waals surface area contributed by atoms with Gasteiger partial charge in [-0.2, -0.15) is 9.78 Å². The van der Waals surface area contributed by atoms with Gasteiger partial charge in [0.15, 0.2) is 0 Å². The average Bonchev–Trinajstić information content (AvgIpc) is 2.22. The Morgan fingerprint density at radius 3 is 1.86 bits per heavy atom. The van der Waals surface area contributed by atoms with Gasteiger partial charge in [-0.25, -0.2) is 0 Å². The van der Waals surface area contributed by atoms with Gasteiger partial charge in [-0.15, -0.1) is 12.4 Å². The number of rotatable bonds is 1. The molecule has 0 aliphatic carbocycles. The van der Waals surface area contributed by atoms with Crippen molar-refractivity contribution in [1.82, 2.24) is 0 Å². The maximum Gasteiger partial charge on any atom is 0.297 e. The van der Waals surface area contributed by atoms with E-state index in [0.717, 1.165) is 0 Å². The van der Waals surface area contributed by atoms with Crippen molar-refractivity contribution in [3.8, 4) is 0 Å². The SMILES string of the molecule is Cl.NCC1(N)OO1. The van der Waals surface area contributed by atoms with E-state index in [1.807, 2.05) is 0 Å². The molecule has 0 unspecified atom stereocenters. The molecule has 4 nitrogen and oxygen atoms in total. The second kappa shape index (κ2) is 1.94. The van der Waals surface area contributed by atoms with Crippen LogP contribution in [0.4, 0.5) is 0 Å². The molecule has 1 aliphatic rings. The zero-order valence-corrected chi connectivity index (χ0v) is 4.40. The highest BCUT2D eigenvalue weighted by Gasteiger charge is 2.42. The zero-order valence-electron chi connectivity index (χ0n) is 3.59. The van der Waals surface area contributed by atoms with Crippen LogP contribution in [0.5, 0.6) is 0 Å². The van der Waals surface area contributed by atoms with E-state index in [-0.39, 0.29) is 19.0 Å². The molecule has 0 aromatic heterocycles. The van der Waals surface area contributed by atoms with Crippen LogP contribution in [-0.2, 0) is 9.78 Å². The van der Waals surface area contributed by atoms with Crippen molar-refractivity contribution < 1.29 is 9.78 Å². The van der Waals surface area contributed by atoms with Gasteiger partial charge in [-0.1, -0.05) is 0 Å². The number of hydrogen-bond donors (Lipinski definition) is 2. The fourth-order valence-electron chi connectivity index (χ4n) is 0.122.